The third-order valence-corrected chi connectivity index (χ3v) is 3.56. The van der Waals surface area contributed by atoms with Crippen molar-refractivity contribution in [2.45, 2.75) is 19.9 Å². The van der Waals surface area contributed by atoms with Gasteiger partial charge < -0.3 is 5.32 Å². The molecule has 3 nitrogen and oxygen atoms in total. The summed E-state index contributed by atoms with van der Waals surface area (Å²) in [4.78, 5) is 0. The first-order valence-corrected chi connectivity index (χ1v) is 5.96. The van der Waals surface area contributed by atoms with Crippen molar-refractivity contribution in [2.24, 2.45) is 11.8 Å². The second-order valence-corrected chi connectivity index (χ2v) is 4.86. The number of para-hydroxylation sites is 1. The maximum atomic E-state index is 4.08. The van der Waals surface area contributed by atoms with E-state index in [0.717, 1.165) is 24.9 Å². The van der Waals surface area contributed by atoms with E-state index in [0.29, 0.717) is 0 Å². The molecule has 3 heteroatoms. The van der Waals surface area contributed by atoms with Gasteiger partial charge in [0.25, 0.3) is 0 Å². The number of fused-ring (bicyclic) bond motifs is 1. The predicted octanol–water partition coefficient (Wildman–Crippen LogP) is 2.31. The van der Waals surface area contributed by atoms with E-state index in [1.54, 1.807) is 0 Å². The van der Waals surface area contributed by atoms with E-state index in [1.807, 2.05) is 6.20 Å². The Morgan fingerprint density at radius 3 is 3.19 bits per heavy atom. The molecule has 0 aliphatic heterocycles. The number of hydrogen-bond donors (Lipinski definition) is 2. The van der Waals surface area contributed by atoms with Crippen molar-refractivity contribution in [2.75, 3.05) is 6.54 Å². The Balaban J connectivity index is 1.66. The highest BCUT2D eigenvalue weighted by atomic mass is 15.1. The van der Waals surface area contributed by atoms with Crippen molar-refractivity contribution >= 4 is 10.9 Å². The number of nitrogens with zero attached hydrogens (tertiary/aromatic N) is 1. The Morgan fingerprint density at radius 2 is 2.38 bits per heavy atom. The molecular formula is C13H17N3. The molecule has 1 saturated carbocycles. The van der Waals surface area contributed by atoms with E-state index in [9.17, 15) is 0 Å². The number of benzene rings is 1. The molecule has 1 aliphatic carbocycles. The van der Waals surface area contributed by atoms with Crippen molar-refractivity contribution in [3.8, 4) is 0 Å². The smallest absolute Gasteiger partial charge is 0.0695 e. The van der Waals surface area contributed by atoms with Crippen LogP contribution in [0.4, 0.5) is 0 Å². The first-order valence-electron chi connectivity index (χ1n) is 5.96. The average Bonchev–Trinajstić information content (AvgIpc) is 2.81. The lowest BCUT2D eigenvalue weighted by Crippen LogP contribution is -2.16. The van der Waals surface area contributed by atoms with Crippen LogP contribution in [0.2, 0.25) is 0 Å². The van der Waals surface area contributed by atoms with Crippen LogP contribution in [0.1, 0.15) is 18.9 Å². The van der Waals surface area contributed by atoms with Crippen LogP contribution >= 0.6 is 0 Å². The number of rotatable bonds is 4. The Morgan fingerprint density at radius 1 is 1.50 bits per heavy atom. The Kier molecular flexibility index (Phi) is 2.40. The molecule has 1 aromatic heterocycles. The van der Waals surface area contributed by atoms with Crippen LogP contribution in [0, 0.1) is 11.8 Å². The molecule has 1 heterocycles. The zero-order chi connectivity index (χ0) is 11.0. The monoisotopic (exact) mass is 215 g/mol. The fourth-order valence-electron chi connectivity index (χ4n) is 2.25. The summed E-state index contributed by atoms with van der Waals surface area (Å²) in [5.41, 5.74) is 2.47. The summed E-state index contributed by atoms with van der Waals surface area (Å²) >= 11 is 0. The highest BCUT2D eigenvalue weighted by Crippen LogP contribution is 2.36. The van der Waals surface area contributed by atoms with Crippen LogP contribution < -0.4 is 5.32 Å². The molecule has 1 fully saturated rings. The van der Waals surface area contributed by atoms with Crippen molar-refractivity contribution in [3.05, 3.63) is 30.0 Å². The first kappa shape index (κ1) is 9.85. The molecule has 16 heavy (non-hydrogen) atoms. The van der Waals surface area contributed by atoms with Gasteiger partial charge in [0, 0.05) is 11.9 Å². The van der Waals surface area contributed by atoms with Gasteiger partial charge >= 0.3 is 0 Å². The molecule has 0 amide bonds. The molecule has 1 aromatic carbocycles. The van der Waals surface area contributed by atoms with Gasteiger partial charge in [-0.25, -0.2) is 0 Å². The van der Waals surface area contributed by atoms with Gasteiger partial charge in [0.15, 0.2) is 0 Å². The van der Waals surface area contributed by atoms with Crippen LogP contribution in [0.3, 0.4) is 0 Å². The fourth-order valence-corrected chi connectivity index (χ4v) is 2.25. The molecule has 0 saturated heterocycles. The van der Waals surface area contributed by atoms with E-state index in [4.69, 9.17) is 0 Å². The minimum Gasteiger partial charge on any atom is -0.312 e. The lowest BCUT2D eigenvalue weighted by molar-refractivity contribution is 0.613. The van der Waals surface area contributed by atoms with Crippen LogP contribution in [-0.4, -0.2) is 16.7 Å². The Bertz CT molecular complexity index is 489. The molecule has 0 spiro atoms. The van der Waals surface area contributed by atoms with Gasteiger partial charge in [0.05, 0.1) is 11.7 Å². The van der Waals surface area contributed by atoms with Gasteiger partial charge in [0.1, 0.15) is 0 Å². The number of nitrogens with one attached hydrogen (secondary N) is 2. The number of H-pyrrole nitrogens is 1. The molecule has 2 atom stereocenters. The first-order chi connectivity index (χ1) is 7.84. The summed E-state index contributed by atoms with van der Waals surface area (Å²) in [5, 5.41) is 11.9. The van der Waals surface area contributed by atoms with Crippen molar-refractivity contribution in [3.63, 3.8) is 0 Å². The Hall–Kier alpha value is -1.35. The van der Waals surface area contributed by atoms with Gasteiger partial charge in [0.2, 0.25) is 0 Å². The summed E-state index contributed by atoms with van der Waals surface area (Å²) < 4.78 is 0. The summed E-state index contributed by atoms with van der Waals surface area (Å²) in [6.07, 6.45) is 3.27. The van der Waals surface area contributed by atoms with Crippen LogP contribution in [-0.2, 0) is 6.54 Å². The van der Waals surface area contributed by atoms with Gasteiger partial charge in [-0.2, -0.15) is 5.10 Å². The van der Waals surface area contributed by atoms with Crippen LogP contribution in [0.5, 0.6) is 0 Å². The van der Waals surface area contributed by atoms with Gasteiger partial charge in [-0.1, -0.05) is 25.1 Å². The summed E-state index contributed by atoms with van der Waals surface area (Å²) in [6.45, 7) is 4.40. The highest BCUT2D eigenvalue weighted by molar-refractivity contribution is 5.81. The minimum absolute atomic E-state index is 0.904. The molecular weight excluding hydrogens is 198 g/mol. The molecule has 0 bridgehead atoms. The van der Waals surface area contributed by atoms with Crippen LogP contribution in [0.25, 0.3) is 10.9 Å². The van der Waals surface area contributed by atoms with Crippen LogP contribution in [0.15, 0.2) is 24.4 Å². The topological polar surface area (TPSA) is 40.7 Å². The quantitative estimate of drug-likeness (QED) is 0.821. The molecule has 0 radical (unpaired) electrons. The summed E-state index contributed by atoms with van der Waals surface area (Å²) in [5.74, 6) is 1.83. The summed E-state index contributed by atoms with van der Waals surface area (Å²) in [7, 11) is 0. The third-order valence-electron chi connectivity index (χ3n) is 3.56. The second kappa shape index (κ2) is 3.91. The van der Waals surface area contributed by atoms with E-state index in [1.165, 1.54) is 22.9 Å². The lowest BCUT2D eigenvalue weighted by atomic mass is 10.1. The number of aromatic nitrogens is 2. The van der Waals surface area contributed by atoms with Gasteiger partial charge in [-0.15, -0.1) is 0 Å². The summed E-state index contributed by atoms with van der Waals surface area (Å²) in [6, 6.07) is 6.34. The number of hydrogen-bond acceptors (Lipinski definition) is 2. The molecule has 3 rings (SSSR count). The third kappa shape index (κ3) is 1.83. The standard InChI is InChI=1S/C13H17N3/c1-9-5-12(9)7-14-6-10-3-2-4-11-8-15-16-13(10)11/h2-4,8-9,12,14H,5-7H2,1H3,(H,15,16). The van der Waals surface area contributed by atoms with E-state index in [2.05, 4.69) is 40.6 Å². The van der Waals surface area contributed by atoms with Crippen molar-refractivity contribution in [1.29, 1.82) is 0 Å². The zero-order valence-electron chi connectivity index (χ0n) is 9.53. The van der Waals surface area contributed by atoms with Crippen molar-refractivity contribution < 1.29 is 0 Å². The molecule has 2 N–H and O–H groups in total. The largest absolute Gasteiger partial charge is 0.312 e. The normalized spacial score (nSPS) is 23.8. The minimum atomic E-state index is 0.904. The van der Waals surface area contributed by atoms with E-state index in [-0.39, 0.29) is 0 Å². The van der Waals surface area contributed by atoms with E-state index >= 15 is 0 Å². The molecule has 84 valence electrons. The highest BCUT2D eigenvalue weighted by Gasteiger charge is 2.31. The lowest BCUT2D eigenvalue weighted by Gasteiger charge is -2.05. The molecule has 2 aromatic rings. The van der Waals surface area contributed by atoms with Gasteiger partial charge in [-0.05, 0) is 30.4 Å². The van der Waals surface area contributed by atoms with Gasteiger partial charge in [-0.3, -0.25) is 5.10 Å². The zero-order valence-corrected chi connectivity index (χ0v) is 9.53. The maximum absolute atomic E-state index is 4.08. The molecule has 1 aliphatic rings. The Labute approximate surface area is 95.2 Å². The van der Waals surface area contributed by atoms with Crippen molar-refractivity contribution in [1.82, 2.24) is 15.5 Å². The SMILES string of the molecule is CC1CC1CNCc1cccc2cn[nH]c12. The predicted molar refractivity (Wildman–Crippen MR) is 65.1 cm³/mol. The molecule has 2 unspecified atom stereocenters. The fraction of sp³-hybridized carbons (Fsp3) is 0.462. The number of aromatic amines is 1. The second-order valence-electron chi connectivity index (χ2n) is 4.86. The maximum Gasteiger partial charge on any atom is 0.0695 e. The average molecular weight is 215 g/mol. The van der Waals surface area contributed by atoms with E-state index < -0.39 is 0 Å².